The molecule has 2 saturated heterocycles. The number of methoxy groups -OCH3 is 2. The fraction of sp³-hybridized carbons (Fsp3) is 0.292. The predicted molar refractivity (Wildman–Crippen MR) is 120 cm³/mol. The highest BCUT2D eigenvalue weighted by Crippen LogP contribution is 2.52. The first-order valence-electron chi connectivity index (χ1n) is 10.4. The van der Waals surface area contributed by atoms with E-state index in [1.54, 1.807) is 54.6 Å². The molecule has 8 nitrogen and oxygen atoms in total. The van der Waals surface area contributed by atoms with Gasteiger partial charge in [-0.15, -0.1) is 0 Å². The molecule has 5 rings (SSSR count). The Morgan fingerprint density at radius 1 is 1.09 bits per heavy atom. The molecule has 3 aliphatic heterocycles. The van der Waals surface area contributed by atoms with Crippen LogP contribution in [0, 0.1) is 11.8 Å². The Bertz CT molecular complexity index is 1160. The van der Waals surface area contributed by atoms with Crippen LogP contribution in [0.4, 0.5) is 5.69 Å². The van der Waals surface area contributed by atoms with Gasteiger partial charge in [-0.3, -0.25) is 14.4 Å². The van der Waals surface area contributed by atoms with Crippen molar-refractivity contribution >= 4 is 35.0 Å². The average molecular weight is 469 g/mol. The van der Waals surface area contributed by atoms with Crippen molar-refractivity contribution in [2.45, 2.75) is 11.7 Å². The van der Waals surface area contributed by atoms with Gasteiger partial charge in [-0.2, -0.15) is 0 Å². The summed E-state index contributed by atoms with van der Waals surface area (Å²) in [5, 5.41) is 3.36. The number of ether oxygens (including phenoxy) is 3. The van der Waals surface area contributed by atoms with Gasteiger partial charge in [0, 0.05) is 16.7 Å². The van der Waals surface area contributed by atoms with Crippen LogP contribution >= 0.6 is 11.6 Å². The molecule has 2 aromatic rings. The lowest BCUT2D eigenvalue weighted by Crippen LogP contribution is -2.48. The molecule has 4 atom stereocenters. The first kappa shape index (κ1) is 21.5. The summed E-state index contributed by atoms with van der Waals surface area (Å²) in [6, 6.07) is 11.4. The maximum absolute atomic E-state index is 13.4. The van der Waals surface area contributed by atoms with E-state index in [9.17, 15) is 14.4 Å². The highest BCUT2D eigenvalue weighted by atomic mass is 35.5. The van der Waals surface area contributed by atoms with Gasteiger partial charge in [0.1, 0.15) is 17.1 Å². The molecule has 170 valence electrons. The fourth-order valence-electron chi connectivity index (χ4n) is 4.81. The Morgan fingerprint density at radius 2 is 1.76 bits per heavy atom. The SMILES string of the molecule is COc1cc(OC)cc(C(=O)NCC23C=CC(O2)C2C(=O)N(c4ccc(Cl)cc4)C(=O)C23)c1. The number of hydrogen-bond acceptors (Lipinski definition) is 6. The Kier molecular flexibility index (Phi) is 5.14. The zero-order chi connectivity index (χ0) is 23.3. The Labute approximate surface area is 195 Å². The van der Waals surface area contributed by atoms with Crippen LogP contribution < -0.4 is 19.7 Å². The van der Waals surface area contributed by atoms with Gasteiger partial charge in [0.25, 0.3) is 5.91 Å². The van der Waals surface area contributed by atoms with E-state index in [0.717, 1.165) is 0 Å². The van der Waals surface area contributed by atoms with Crippen molar-refractivity contribution < 1.29 is 28.6 Å². The molecule has 0 spiro atoms. The second kappa shape index (κ2) is 7.90. The minimum absolute atomic E-state index is 0.0347. The van der Waals surface area contributed by atoms with E-state index in [1.165, 1.54) is 19.1 Å². The maximum atomic E-state index is 13.4. The number of fused-ring (bicyclic) bond motifs is 5. The molecule has 3 amide bonds. The molecular formula is C24H21ClN2O6. The van der Waals surface area contributed by atoms with Gasteiger partial charge in [-0.05, 0) is 36.4 Å². The Balaban J connectivity index is 1.38. The summed E-state index contributed by atoms with van der Waals surface area (Å²) in [5.41, 5.74) is -0.292. The number of anilines is 1. The topological polar surface area (TPSA) is 94.2 Å². The number of benzene rings is 2. The lowest BCUT2D eigenvalue weighted by Gasteiger charge is -2.29. The highest BCUT2D eigenvalue weighted by molar-refractivity contribution is 6.31. The quantitative estimate of drug-likeness (QED) is 0.517. The van der Waals surface area contributed by atoms with Gasteiger partial charge in [0.15, 0.2) is 0 Å². The van der Waals surface area contributed by atoms with Gasteiger partial charge < -0.3 is 19.5 Å². The minimum atomic E-state index is -1.10. The molecule has 0 aliphatic carbocycles. The lowest BCUT2D eigenvalue weighted by atomic mass is 9.77. The molecule has 2 fully saturated rings. The fourth-order valence-corrected chi connectivity index (χ4v) is 4.94. The number of halogens is 1. The van der Waals surface area contributed by atoms with Crippen LogP contribution in [0.15, 0.2) is 54.6 Å². The zero-order valence-corrected chi connectivity index (χ0v) is 18.7. The molecule has 1 N–H and O–H groups in total. The van der Waals surface area contributed by atoms with E-state index >= 15 is 0 Å². The van der Waals surface area contributed by atoms with Crippen LogP contribution in [0.1, 0.15) is 10.4 Å². The molecule has 33 heavy (non-hydrogen) atoms. The highest BCUT2D eigenvalue weighted by Gasteiger charge is 2.67. The van der Waals surface area contributed by atoms with Gasteiger partial charge in [-0.25, -0.2) is 4.90 Å². The number of carbonyl (C=O) groups excluding carboxylic acids is 3. The molecule has 9 heteroatoms. The largest absolute Gasteiger partial charge is 0.497 e. The van der Waals surface area contributed by atoms with E-state index < -0.39 is 23.5 Å². The van der Waals surface area contributed by atoms with Crippen molar-refractivity contribution in [3.63, 3.8) is 0 Å². The third-order valence-electron chi connectivity index (χ3n) is 6.38. The number of rotatable bonds is 6. The first-order valence-corrected chi connectivity index (χ1v) is 10.8. The number of hydrogen-bond donors (Lipinski definition) is 1. The maximum Gasteiger partial charge on any atom is 0.251 e. The summed E-state index contributed by atoms with van der Waals surface area (Å²) in [7, 11) is 3.00. The monoisotopic (exact) mass is 468 g/mol. The normalized spacial score (nSPS) is 27.1. The molecule has 0 aromatic heterocycles. The van der Waals surface area contributed by atoms with Crippen LogP contribution in [0.3, 0.4) is 0 Å². The van der Waals surface area contributed by atoms with Gasteiger partial charge in [-0.1, -0.05) is 23.8 Å². The van der Waals surface area contributed by atoms with Gasteiger partial charge in [0.05, 0.1) is 44.4 Å². The van der Waals surface area contributed by atoms with E-state index in [2.05, 4.69) is 5.32 Å². The van der Waals surface area contributed by atoms with Crippen molar-refractivity contribution in [1.29, 1.82) is 0 Å². The van der Waals surface area contributed by atoms with E-state index in [4.69, 9.17) is 25.8 Å². The van der Waals surface area contributed by atoms with Crippen molar-refractivity contribution in [2.24, 2.45) is 11.8 Å². The third-order valence-corrected chi connectivity index (χ3v) is 6.63. The summed E-state index contributed by atoms with van der Waals surface area (Å²) < 4.78 is 16.5. The van der Waals surface area contributed by atoms with Crippen molar-refractivity contribution in [2.75, 3.05) is 25.7 Å². The van der Waals surface area contributed by atoms with Crippen LogP contribution in [0.5, 0.6) is 11.5 Å². The molecule has 3 aliphatic rings. The second-order valence-corrected chi connectivity index (χ2v) is 8.61. The smallest absolute Gasteiger partial charge is 0.251 e. The van der Waals surface area contributed by atoms with Crippen LogP contribution in [-0.2, 0) is 14.3 Å². The molecular weight excluding hydrogens is 448 g/mol. The predicted octanol–water partition coefficient (Wildman–Crippen LogP) is 2.60. The molecule has 4 unspecified atom stereocenters. The van der Waals surface area contributed by atoms with E-state index in [-0.39, 0.29) is 24.3 Å². The summed E-state index contributed by atoms with van der Waals surface area (Å²) in [6.45, 7) is 0.0347. The second-order valence-electron chi connectivity index (χ2n) is 8.17. The van der Waals surface area contributed by atoms with Gasteiger partial charge >= 0.3 is 0 Å². The van der Waals surface area contributed by atoms with Crippen molar-refractivity contribution in [1.82, 2.24) is 5.32 Å². The van der Waals surface area contributed by atoms with Crippen LogP contribution in [-0.4, -0.2) is 50.2 Å². The van der Waals surface area contributed by atoms with Gasteiger partial charge in [0.2, 0.25) is 11.8 Å². The number of amides is 3. The number of carbonyl (C=O) groups is 3. The lowest BCUT2D eigenvalue weighted by molar-refractivity contribution is -0.126. The molecule has 0 radical (unpaired) electrons. The zero-order valence-electron chi connectivity index (χ0n) is 17.9. The number of nitrogens with one attached hydrogen (secondary N) is 1. The third kappa shape index (κ3) is 3.37. The first-order chi connectivity index (χ1) is 15.9. The minimum Gasteiger partial charge on any atom is -0.497 e. The number of imide groups is 1. The molecule has 0 saturated carbocycles. The molecule has 2 aromatic carbocycles. The van der Waals surface area contributed by atoms with Crippen LogP contribution in [0.2, 0.25) is 5.02 Å². The summed E-state index contributed by atoms with van der Waals surface area (Å²) in [6.07, 6.45) is 3.05. The Hall–Kier alpha value is -3.36. The van der Waals surface area contributed by atoms with Crippen molar-refractivity contribution in [3.8, 4) is 11.5 Å². The van der Waals surface area contributed by atoms with Crippen molar-refractivity contribution in [3.05, 3.63) is 65.2 Å². The van der Waals surface area contributed by atoms with E-state index in [0.29, 0.717) is 27.8 Å². The summed E-state index contributed by atoms with van der Waals surface area (Å²) in [5.74, 6) is -1.44. The Morgan fingerprint density at radius 3 is 2.39 bits per heavy atom. The summed E-state index contributed by atoms with van der Waals surface area (Å²) >= 11 is 5.95. The molecule has 2 bridgehead atoms. The standard InChI is InChI=1S/C24H21ClN2O6/c1-31-16-9-13(10-17(11-16)32-2)21(28)26-12-24-8-7-18(33-24)19-20(24)23(30)27(22(19)29)15-5-3-14(25)4-6-15/h3-11,18-20H,12H2,1-2H3,(H,26,28). The number of nitrogens with zero attached hydrogens (tertiary/aromatic N) is 1. The van der Waals surface area contributed by atoms with Crippen LogP contribution in [0.25, 0.3) is 0 Å². The summed E-state index contributed by atoms with van der Waals surface area (Å²) in [4.78, 5) is 40.6. The van der Waals surface area contributed by atoms with E-state index in [1.807, 2.05) is 0 Å². The molecule has 3 heterocycles. The average Bonchev–Trinajstić information content (AvgIpc) is 3.48.